The number of ether oxygens (including phenoxy) is 2. The van der Waals surface area contributed by atoms with E-state index in [4.69, 9.17) is 9.47 Å². The number of halogens is 3. The van der Waals surface area contributed by atoms with Crippen molar-refractivity contribution in [2.24, 2.45) is 0 Å². The van der Waals surface area contributed by atoms with E-state index in [2.05, 4.69) is 0 Å². The summed E-state index contributed by atoms with van der Waals surface area (Å²) < 4.78 is 48.7. The molecule has 0 atom stereocenters. The van der Waals surface area contributed by atoms with Gasteiger partial charge in [-0.25, -0.2) is 0 Å². The van der Waals surface area contributed by atoms with Gasteiger partial charge < -0.3 is 9.47 Å². The molecule has 1 aliphatic heterocycles. The average Bonchev–Trinajstić information content (AvgIpc) is 2.47. The molecule has 0 spiro atoms. The second-order valence-electron chi connectivity index (χ2n) is 5.24. The third-order valence-corrected chi connectivity index (χ3v) is 4.14. The molecule has 1 saturated heterocycles. The van der Waals surface area contributed by atoms with Gasteiger partial charge in [-0.3, -0.25) is 4.79 Å². The normalized spacial score (nSPS) is 22.9. The van der Waals surface area contributed by atoms with Crippen LogP contribution in [0.3, 0.4) is 0 Å². The smallest absolute Gasteiger partial charge is 0.347 e. The number of rotatable bonds is 3. The first kappa shape index (κ1) is 18.0. The summed E-state index contributed by atoms with van der Waals surface area (Å²) in [6.45, 7) is 4.08. The lowest BCUT2D eigenvalue weighted by Crippen LogP contribution is -2.35. The van der Waals surface area contributed by atoms with E-state index in [0.717, 1.165) is 17.7 Å². The Morgan fingerprint density at radius 2 is 1.74 bits per heavy atom. The van der Waals surface area contributed by atoms with Crippen LogP contribution in [-0.2, 0) is 20.4 Å². The lowest BCUT2D eigenvalue weighted by atomic mass is 10.1. The third-order valence-electron chi connectivity index (χ3n) is 3.20. The minimum Gasteiger partial charge on any atom is -0.347 e. The van der Waals surface area contributed by atoms with Crippen LogP contribution in [0.4, 0.5) is 13.2 Å². The van der Waals surface area contributed by atoms with Gasteiger partial charge in [0.1, 0.15) is 0 Å². The maximum atomic E-state index is 12.5. The molecule has 0 N–H and O–H groups in total. The van der Waals surface area contributed by atoms with Crippen LogP contribution in [0.25, 0.3) is 6.08 Å². The van der Waals surface area contributed by atoms with Gasteiger partial charge in [0.05, 0.1) is 24.0 Å². The Morgan fingerprint density at radius 3 is 2.22 bits per heavy atom. The maximum absolute atomic E-state index is 12.5. The van der Waals surface area contributed by atoms with Gasteiger partial charge in [-0.2, -0.15) is 13.2 Å². The monoisotopic (exact) mass is 346 g/mol. The molecule has 0 bridgehead atoms. The summed E-state index contributed by atoms with van der Waals surface area (Å²) in [6, 6.07) is 4.90. The fourth-order valence-electron chi connectivity index (χ4n) is 2.15. The van der Waals surface area contributed by atoms with E-state index in [0.29, 0.717) is 18.8 Å². The standard InChI is InChI=1S/C16H17F3O3S/c1-10(15-21-8-14(9-22-15)23-11(2)20)7-12-3-5-13(6-4-12)16(17,18)19/h3-7,14-15H,8-9H2,1-2H3/b10-7+. The van der Waals surface area contributed by atoms with Crippen LogP contribution in [0.5, 0.6) is 0 Å². The van der Waals surface area contributed by atoms with Crippen LogP contribution in [0.2, 0.25) is 0 Å². The van der Waals surface area contributed by atoms with E-state index in [9.17, 15) is 18.0 Å². The molecule has 0 aliphatic carbocycles. The molecule has 2 rings (SSSR count). The summed E-state index contributed by atoms with van der Waals surface area (Å²) in [5.41, 5.74) is 0.723. The Bertz CT molecular complexity index is 573. The van der Waals surface area contributed by atoms with Gasteiger partial charge in [-0.1, -0.05) is 30.0 Å². The first-order chi connectivity index (χ1) is 10.8. The van der Waals surface area contributed by atoms with Crippen LogP contribution in [0, 0.1) is 0 Å². The van der Waals surface area contributed by atoms with E-state index in [-0.39, 0.29) is 10.4 Å². The molecule has 1 fully saturated rings. The van der Waals surface area contributed by atoms with Gasteiger partial charge in [-0.15, -0.1) is 0 Å². The highest BCUT2D eigenvalue weighted by atomic mass is 32.2. The largest absolute Gasteiger partial charge is 0.416 e. The zero-order valence-corrected chi connectivity index (χ0v) is 13.5. The number of hydrogen-bond acceptors (Lipinski definition) is 4. The molecule has 23 heavy (non-hydrogen) atoms. The highest BCUT2D eigenvalue weighted by Crippen LogP contribution is 2.29. The molecular weight excluding hydrogens is 329 g/mol. The lowest BCUT2D eigenvalue weighted by Gasteiger charge is -2.29. The number of hydrogen-bond donors (Lipinski definition) is 0. The van der Waals surface area contributed by atoms with E-state index < -0.39 is 18.0 Å². The Labute approximate surface area is 136 Å². The maximum Gasteiger partial charge on any atom is 0.416 e. The highest BCUT2D eigenvalue weighted by molar-refractivity contribution is 8.14. The summed E-state index contributed by atoms with van der Waals surface area (Å²) >= 11 is 1.18. The zero-order chi connectivity index (χ0) is 17.0. The Hall–Kier alpha value is -1.31. The molecule has 1 aromatic rings. The molecule has 1 aromatic carbocycles. The zero-order valence-electron chi connectivity index (χ0n) is 12.7. The second-order valence-corrected chi connectivity index (χ2v) is 6.72. The predicted molar refractivity (Wildman–Crippen MR) is 82.8 cm³/mol. The molecule has 126 valence electrons. The highest BCUT2D eigenvalue weighted by Gasteiger charge is 2.30. The van der Waals surface area contributed by atoms with Crippen LogP contribution >= 0.6 is 11.8 Å². The number of benzene rings is 1. The van der Waals surface area contributed by atoms with E-state index in [1.54, 1.807) is 13.0 Å². The van der Waals surface area contributed by atoms with E-state index in [1.165, 1.54) is 30.8 Å². The molecule has 7 heteroatoms. The number of carbonyl (C=O) groups excluding carboxylic acids is 1. The summed E-state index contributed by atoms with van der Waals surface area (Å²) in [4.78, 5) is 11.0. The first-order valence-corrected chi connectivity index (χ1v) is 7.89. The minimum absolute atomic E-state index is 0.0117. The third kappa shape index (κ3) is 5.37. The average molecular weight is 346 g/mol. The molecule has 0 unspecified atom stereocenters. The first-order valence-electron chi connectivity index (χ1n) is 7.01. The van der Waals surface area contributed by atoms with Crippen molar-refractivity contribution in [1.82, 2.24) is 0 Å². The van der Waals surface area contributed by atoms with Crippen molar-refractivity contribution in [2.45, 2.75) is 31.6 Å². The van der Waals surface area contributed by atoms with Gasteiger partial charge in [0, 0.05) is 6.92 Å². The van der Waals surface area contributed by atoms with Crippen molar-refractivity contribution in [3.63, 3.8) is 0 Å². The van der Waals surface area contributed by atoms with Crippen LogP contribution in [0.1, 0.15) is 25.0 Å². The fourth-order valence-corrected chi connectivity index (χ4v) is 2.91. The number of thioether (sulfide) groups is 1. The van der Waals surface area contributed by atoms with E-state index >= 15 is 0 Å². The van der Waals surface area contributed by atoms with Gasteiger partial charge in [0.2, 0.25) is 0 Å². The Kier molecular flexibility index (Phi) is 5.89. The van der Waals surface area contributed by atoms with Crippen molar-refractivity contribution in [2.75, 3.05) is 13.2 Å². The van der Waals surface area contributed by atoms with Crippen LogP contribution < -0.4 is 0 Å². The van der Waals surface area contributed by atoms with Crippen LogP contribution in [-0.4, -0.2) is 29.9 Å². The molecule has 3 nitrogen and oxygen atoms in total. The van der Waals surface area contributed by atoms with Crippen molar-refractivity contribution < 1.29 is 27.4 Å². The number of alkyl halides is 3. The SMILES string of the molecule is CC(=O)SC1COC(/C(C)=C/c2ccc(C(F)(F)F)cc2)OC1. The second kappa shape index (κ2) is 7.51. The van der Waals surface area contributed by atoms with Crippen molar-refractivity contribution in [1.29, 1.82) is 0 Å². The lowest BCUT2D eigenvalue weighted by molar-refractivity contribution is -0.152. The Balaban J connectivity index is 1.96. The van der Waals surface area contributed by atoms with Gasteiger partial charge in [-0.05, 0) is 30.2 Å². The molecule has 0 saturated carbocycles. The summed E-state index contributed by atoms with van der Waals surface area (Å²) in [6.07, 6.45) is -3.15. The minimum atomic E-state index is -4.34. The van der Waals surface area contributed by atoms with Crippen molar-refractivity contribution in [3.05, 3.63) is 41.0 Å². The molecule has 0 amide bonds. The molecule has 0 radical (unpaired) electrons. The molecule has 0 aromatic heterocycles. The predicted octanol–water partition coefficient (Wildman–Crippen LogP) is 4.13. The van der Waals surface area contributed by atoms with Gasteiger partial charge >= 0.3 is 6.18 Å². The summed E-state index contributed by atoms with van der Waals surface area (Å²) in [5, 5.41) is -0.0136. The molecular formula is C16H17F3O3S. The summed E-state index contributed by atoms with van der Waals surface area (Å²) in [5.74, 6) is 0. The fraction of sp³-hybridized carbons (Fsp3) is 0.438. The van der Waals surface area contributed by atoms with Crippen molar-refractivity contribution in [3.8, 4) is 0 Å². The molecule has 1 aliphatic rings. The quantitative estimate of drug-likeness (QED) is 0.824. The van der Waals surface area contributed by atoms with E-state index in [1.807, 2.05) is 0 Å². The van der Waals surface area contributed by atoms with Gasteiger partial charge in [0.25, 0.3) is 0 Å². The summed E-state index contributed by atoms with van der Waals surface area (Å²) in [7, 11) is 0. The van der Waals surface area contributed by atoms with Gasteiger partial charge in [0.15, 0.2) is 11.4 Å². The Morgan fingerprint density at radius 1 is 1.17 bits per heavy atom. The van der Waals surface area contributed by atoms with Crippen molar-refractivity contribution >= 4 is 23.0 Å². The number of carbonyl (C=O) groups is 1. The topological polar surface area (TPSA) is 35.5 Å². The molecule has 1 heterocycles. The van der Waals surface area contributed by atoms with Crippen LogP contribution in [0.15, 0.2) is 29.8 Å².